The van der Waals surface area contributed by atoms with Crippen LogP contribution in [0.3, 0.4) is 0 Å². The third-order valence-corrected chi connectivity index (χ3v) is 7.63. The van der Waals surface area contributed by atoms with Crippen LogP contribution < -0.4 is 20.3 Å². The van der Waals surface area contributed by atoms with Crippen LogP contribution in [-0.4, -0.2) is 66.5 Å². The Hall–Kier alpha value is -4.23. The average molecular weight is 585 g/mol. The number of thiazole rings is 1. The fourth-order valence-corrected chi connectivity index (χ4v) is 5.35. The normalized spacial score (nSPS) is 14.2. The summed E-state index contributed by atoms with van der Waals surface area (Å²) in [4.78, 5) is 37.5. The molecule has 1 aliphatic rings. The van der Waals surface area contributed by atoms with Crippen molar-refractivity contribution in [1.82, 2.24) is 20.2 Å². The first-order valence-electron chi connectivity index (χ1n) is 12.9. The van der Waals surface area contributed by atoms with Crippen LogP contribution in [0.2, 0.25) is 0 Å². The van der Waals surface area contributed by atoms with Gasteiger partial charge in [0.05, 0.1) is 15.8 Å². The van der Waals surface area contributed by atoms with Crippen LogP contribution in [-0.2, 0) is 6.18 Å². The Morgan fingerprint density at radius 2 is 1.76 bits per heavy atom. The smallest absolute Gasteiger partial charge is 0.416 e. The van der Waals surface area contributed by atoms with Gasteiger partial charge in [-0.25, -0.2) is 4.98 Å². The molecular weight excluding hydrogens is 557 g/mol. The van der Waals surface area contributed by atoms with Gasteiger partial charge in [0.25, 0.3) is 11.8 Å². The molecule has 1 saturated heterocycles. The number of pyridine rings is 1. The number of alkyl halides is 3. The number of hydrogen-bond donors (Lipinski definition) is 2. The van der Waals surface area contributed by atoms with Crippen molar-refractivity contribution in [1.29, 1.82) is 0 Å². The number of benzene rings is 2. The van der Waals surface area contributed by atoms with Gasteiger partial charge < -0.3 is 19.9 Å². The van der Waals surface area contributed by atoms with Crippen molar-refractivity contribution in [2.75, 3.05) is 50.0 Å². The second-order valence-electron chi connectivity index (χ2n) is 9.35. The van der Waals surface area contributed by atoms with Crippen molar-refractivity contribution in [3.05, 3.63) is 71.5 Å². The summed E-state index contributed by atoms with van der Waals surface area (Å²) >= 11 is 1.16. The number of aromatic nitrogens is 2. The van der Waals surface area contributed by atoms with Crippen molar-refractivity contribution >= 4 is 44.2 Å². The van der Waals surface area contributed by atoms with Gasteiger partial charge in [-0.05, 0) is 42.9 Å². The number of nitrogens with zero attached hydrogens (tertiary/aromatic N) is 4. The molecule has 0 spiro atoms. The number of piperazine rings is 1. The lowest BCUT2D eigenvalue weighted by atomic mass is 10.1. The number of carbonyl (C=O) groups is 2. The maximum absolute atomic E-state index is 13.7. The molecule has 214 valence electrons. The molecule has 4 aromatic rings. The molecule has 0 atom stereocenters. The van der Waals surface area contributed by atoms with Crippen LogP contribution in [0.25, 0.3) is 10.2 Å². The van der Waals surface area contributed by atoms with E-state index in [0.29, 0.717) is 40.5 Å². The van der Waals surface area contributed by atoms with Crippen LogP contribution in [0.1, 0.15) is 33.3 Å². The number of nitrogens with one attached hydrogen (secondary N) is 2. The van der Waals surface area contributed by atoms with Crippen LogP contribution in [0.4, 0.5) is 24.0 Å². The predicted molar refractivity (Wildman–Crippen MR) is 151 cm³/mol. The Morgan fingerprint density at radius 1 is 1.00 bits per heavy atom. The monoisotopic (exact) mass is 584 g/mol. The molecule has 2 N–H and O–H groups in total. The number of likely N-dealkylation sites (N-methyl/N-ethyl adjacent to an activating group) is 1. The summed E-state index contributed by atoms with van der Waals surface area (Å²) in [5, 5.41) is 5.39. The SMILES string of the molecule is CCN1CCN(c2cc(C(=O)Nc3nc4ccc(Oc5ccnc(C(=O)NC)c5)cc4s3)cc(C(F)(F)F)c2)CC1. The van der Waals surface area contributed by atoms with Gasteiger partial charge in [-0.3, -0.25) is 19.9 Å². The van der Waals surface area contributed by atoms with E-state index in [1.54, 1.807) is 24.3 Å². The number of carbonyl (C=O) groups excluding carboxylic acids is 2. The fourth-order valence-electron chi connectivity index (χ4n) is 4.46. The molecular formula is C28H27F3N6O3S. The van der Waals surface area contributed by atoms with Crippen LogP contribution in [0.5, 0.6) is 11.5 Å². The van der Waals surface area contributed by atoms with Gasteiger partial charge in [-0.1, -0.05) is 18.3 Å². The highest BCUT2D eigenvalue weighted by molar-refractivity contribution is 7.22. The van der Waals surface area contributed by atoms with Crippen molar-refractivity contribution in [2.24, 2.45) is 0 Å². The van der Waals surface area contributed by atoms with E-state index in [4.69, 9.17) is 4.74 Å². The number of amides is 2. The van der Waals surface area contributed by atoms with E-state index in [2.05, 4.69) is 25.5 Å². The summed E-state index contributed by atoms with van der Waals surface area (Å²) in [7, 11) is 1.51. The summed E-state index contributed by atoms with van der Waals surface area (Å²) in [6.45, 7) is 5.55. The molecule has 13 heteroatoms. The van der Waals surface area contributed by atoms with E-state index < -0.39 is 17.6 Å². The van der Waals surface area contributed by atoms with Gasteiger partial charge in [0.1, 0.15) is 17.2 Å². The number of anilines is 2. The molecule has 0 unspecified atom stereocenters. The quantitative estimate of drug-likeness (QED) is 0.306. The number of ether oxygens (including phenoxy) is 1. The highest BCUT2D eigenvalue weighted by Gasteiger charge is 2.33. The Labute approximate surface area is 238 Å². The van der Waals surface area contributed by atoms with Gasteiger partial charge in [0.2, 0.25) is 0 Å². The molecule has 0 bridgehead atoms. The molecule has 41 heavy (non-hydrogen) atoms. The zero-order valence-electron chi connectivity index (χ0n) is 22.3. The summed E-state index contributed by atoms with van der Waals surface area (Å²) in [6, 6.07) is 11.7. The summed E-state index contributed by atoms with van der Waals surface area (Å²) < 4.78 is 47.8. The first kappa shape index (κ1) is 28.3. The van der Waals surface area contributed by atoms with Gasteiger partial charge in [0.15, 0.2) is 5.13 Å². The third kappa shape index (κ3) is 6.57. The number of rotatable bonds is 7. The first-order chi connectivity index (χ1) is 19.6. The molecule has 1 aliphatic heterocycles. The molecule has 3 heterocycles. The minimum atomic E-state index is -4.60. The zero-order chi connectivity index (χ0) is 29.1. The Morgan fingerprint density at radius 3 is 2.46 bits per heavy atom. The lowest BCUT2D eigenvalue weighted by Gasteiger charge is -2.36. The highest BCUT2D eigenvalue weighted by atomic mass is 32.1. The average Bonchev–Trinajstić information content (AvgIpc) is 3.37. The molecule has 0 saturated carbocycles. The van der Waals surface area contributed by atoms with E-state index in [-0.39, 0.29) is 22.3 Å². The molecule has 0 radical (unpaired) electrons. The van der Waals surface area contributed by atoms with E-state index in [1.165, 1.54) is 25.4 Å². The third-order valence-electron chi connectivity index (χ3n) is 6.70. The van der Waals surface area contributed by atoms with Gasteiger partial charge in [-0.15, -0.1) is 0 Å². The first-order valence-corrected chi connectivity index (χ1v) is 13.7. The van der Waals surface area contributed by atoms with Crippen molar-refractivity contribution in [2.45, 2.75) is 13.1 Å². The predicted octanol–water partition coefficient (Wildman–Crippen LogP) is 5.26. The second-order valence-corrected chi connectivity index (χ2v) is 10.4. The Kier molecular flexibility index (Phi) is 8.08. The maximum atomic E-state index is 13.7. The lowest BCUT2D eigenvalue weighted by Crippen LogP contribution is -2.46. The summed E-state index contributed by atoms with van der Waals surface area (Å²) in [5.41, 5.74) is 0.176. The van der Waals surface area contributed by atoms with Gasteiger partial charge >= 0.3 is 6.18 Å². The second kappa shape index (κ2) is 11.7. The molecule has 2 aromatic carbocycles. The molecule has 2 aromatic heterocycles. The van der Waals surface area contributed by atoms with Crippen LogP contribution in [0.15, 0.2) is 54.7 Å². The van der Waals surface area contributed by atoms with Crippen LogP contribution >= 0.6 is 11.3 Å². The van der Waals surface area contributed by atoms with Crippen molar-refractivity contribution in [3.63, 3.8) is 0 Å². The lowest BCUT2D eigenvalue weighted by molar-refractivity contribution is -0.137. The molecule has 1 fully saturated rings. The van der Waals surface area contributed by atoms with Crippen molar-refractivity contribution in [3.8, 4) is 11.5 Å². The number of hydrogen-bond acceptors (Lipinski definition) is 8. The molecule has 5 rings (SSSR count). The summed E-state index contributed by atoms with van der Waals surface area (Å²) in [5.74, 6) is -0.148. The fraction of sp³-hybridized carbons (Fsp3) is 0.286. The van der Waals surface area contributed by atoms with Crippen molar-refractivity contribution < 1.29 is 27.5 Å². The molecule has 9 nitrogen and oxygen atoms in total. The van der Waals surface area contributed by atoms with Crippen LogP contribution in [0, 0.1) is 0 Å². The maximum Gasteiger partial charge on any atom is 0.416 e. The Balaban J connectivity index is 1.35. The zero-order valence-corrected chi connectivity index (χ0v) is 23.1. The minimum Gasteiger partial charge on any atom is -0.457 e. The minimum absolute atomic E-state index is 0.0966. The highest BCUT2D eigenvalue weighted by Crippen LogP contribution is 2.35. The van der Waals surface area contributed by atoms with E-state index in [9.17, 15) is 22.8 Å². The number of halogens is 3. The van der Waals surface area contributed by atoms with E-state index >= 15 is 0 Å². The summed E-state index contributed by atoms with van der Waals surface area (Å²) in [6.07, 6.45) is -3.14. The standard InChI is InChI=1S/C28H27F3N6O3S/c1-3-36-8-10-37(11-9-36)19-13-17(12-18(14-19)28(29,30)31)25(38)35-27-34-22-5-4-20(16-24(22)41-27)40-21-6-7-33-23(15-21)26(39)32-2/h4-7,12-16H,3,8-11H2,1-2H3,(H,32,39)(H,34,35,38). The van der Waals surface area contributed by atoms with Gasteiger partial charge in [-0.2, -0.15) is 13.2 Å². The molecule has 0 aliphatic carbocycles. The number of fused-ring (bicyclic) bond motifs is 1. The topological polar surface area (TPSA) is 99.7 Å². The largest absolute Gasteiger partial charge is 0.457 e. The Bertz CT molecular complexity index is 1580. The van der Waals surface area contributed by atoms with Gasteiger partial charge in [0, 0.05) is 62.8 Å². The van der Waals surface area contributed by atoms with E-state index in [0.717, 1.165) is 43.1 Å². The van der Waals surface area contributed by atoms with E-state index in [1.807, 2.05) is 11.8 Å². The molecule has 2 amide bonds.